The van der Waals surface area contributed by atoms with Gasteiger partial charge in [-0.15, -0.1) is 0 Å². The third-order valence-electron chi connectivity index (χ3n) is 3.10. The summed E-state index contributed by atoms with van der Waals surface area (Å²) < 4.78 is 5.17. The Hall–Kier alpha value is -2.01. The Balaban J connectivity index is 2.32. The molecule has 0 aliphatic carbocycles. The number of esters is 1. The summed E-state index contributed by atoms with van der Waals surface area (Å²) in [6, 6.07) is 9.43. The molecule has 4 nitrogen and oxygen atoms in total. The summed E-state index contributed by atoms with van der Waals surface area (Å²) in [4.78, 5) is 16.4. The molecule has 1 aromatic carbocycles. The lowest BCUT2D eigenvalue weighted by molar-refractivity contribution is -0.145. The van der Waals surface area contributed by atoms with Gasteiger partial charge in [-0.25, -0.2) is 4.99 Å². The van der Waals surface area contributed by atoms with Crippen LogP contribution in [0.15, 0.2) is 48.0 Å². The summed E-state index contributed by atoms with van der Waals surface area (Å²) in [7, 11) is 0. The maximum atomic E-state index is 12.2. The molecule has 1 aliphatic heterocycles. The third kappa shape index (κ3) is 3.11. The molecular formula is C15H16N2O2S. The lowest BCUT2D eigenvalue weighted by Gasteiger charge is -2.30. The van der Waals surface area contributed by atoms with E-state index in [-0.39, 0.29) is 18.6 Å². The summed E-state index contributed by atoms with van der Waals surface area (Å²) in [5.41, 5.74) is 1.64. The monoisotopic (exact) mass is 288 g/mol. The minimum Gasteiger partial charge on any atom is -0.461 e. The van der Waals surface area contributed by atoms with Crippen LogP contribution in [0.25, 0.3) is 0 Å². The molecule has 0 spiro atoms. The summed E-state index contributed by atoms with van der Waals surface area (Å²) in [5, 5.41) is 3.48. The molecule has 0 radical (unpaired) electrons. The van der Waals surface area contributed by atoms with Gasteiger partial charge in [0.05, 0.1) is 6.04 Å². The zero-order valence-electron chi connectivity index (χ0n) is 11.2. The van der Waals surface area contributed by atoms with E-state index in [9.17, 15) is 4.79 Å². The van der Waals surface area contributed by atoms with E-state index < -0.39 is 5.92 Å². The topological polar surface area (TPSA) is 50.7 Å². The molecule has 0 aromatic heterocycles. The van der Waals surface area contributed by atoms with E-state index in [4.69, 9.17) is 17.0 Å². The Kier molecular flexibility index (Phi) is 4.63. The minimum absolute atomic E-state index is 0.189. The number of thiocarbonyl (C=S) groups is 1. The van der Waals surface area contributed by atoms with Crippen LogP contribution in [-0.2, 0) is 9.53 Å². The van der Waals surface area contributed by atoms with Crippen LogP contribution in [0.4, 0.5) is 0 Å². The second kappa shape index (κ2) is 6.43. The van der Waals surface area contributed by atoms with Gasteiger partial charge in [0.2, 0.25) is 0 Å². The van der Waals surface area contributed by atoms with E-state index in [1.165, 1.54) is 0 Å². The fourth-order valence-electron chi connectivity index (χ4n) is 2.19. The molecule has 0 amide bonds. The molecule has 104 valence electrons. The van der Waals surface area contributed by atoms with Gasteiger partial charge < -0.3 is 10.1 Å². The van der Waals surface area contributed by atoms with Crippen molar-refractivity contribution >= 4 is 29.0 Å². The highest BCUT2D eigenvalue weighted by molar-refractivity contribution is 7.80. The van der Waals surface area contributed by atoms with Crippen LogP contribution in [-0.4, -0.2) is 23.4 Å². The number of carbonyl (C=O) groups excluding carboxylic acids is 1. The van der Waals surface area contributed by atoms with E-state index in [1.807, 2.05) is 30.3 Å². The predicted molar refractivity (Wildman–Crippen MR) is 82.7 cm³/mol. The lowest BCUT2D eigenvalue weighted by atomic mass is 9.88. The largest absolute Gasteiger partial charge is 0.461 e. The molecule has 1 N–H and O–H groups in total. The second-order valence-corrected chi connectivity index (χ2v) is 4.87. The van der Waals surface area contributed by atoms with Crippen molar-refractivity contribution in [3.63, 3.8) is 0 Å². The first kappa shape index (κ1) is 14.4. The van der Waals surface area contributed by atoms with Gasteiger partial charge in [0, 0.05) is 5.71 Å². The highest BCUT2D eigenvalue weighted by Gasteiger charge is 2.36. The van der Waals surface area contributed by atoms with Crippen LogP contribution < -0.4 is 5.32 Å². The predicted octanol–water partition coefficient (Wildman–Crippen LogP) is 2.42. The van der Waals surface area contributed by atoms with E-state index in [0.29, 0.717) is 10.8 Å². The first-order valence-electron chi connectivity index (χ1n) is 6.31. The highest BCUT2D eigenvalue weighted by Crippen LogP contribution is 2.27. The molecule has 2 rings (SSSR count). The third-order valence-corrected chi connectivity index (χ3v) is 3.31. The van der Waals surface area contributed by atoms with Gasteiger partial charge in [0.1, 0.15) is 12.5 Å². The number of ether oxygens (including phenoxy) is 1. The molecule has 2 unspecified atom stereocenters. The van der Waals surface area contributed by atoms with Crippen LogP contribution in [0.1, 0.15) is 18.5 Å². The zero-order chi connectivity index (χ0) is 14.5. The first-order valence-corrected chi connectivity index (χ1v) is 6.72. The SMILES string of the molecule is C=CCOC(=O)C1C(C)=NC(=S)NC1c1ccccc1. The van der Waals surface area contributed by atoms with Gasteiger partial charge in [-0.2, -0.15) is 0 Å². The van der Waals surface area contributed by atoms with Crippen LogP contribution >= 0.6 is 12.2 Å². The molecule has 0 saturated heterocycles. The normalized spacial score (nSPS) is 21.6. The Morgan fingerprint density at radius 2 is 2.20 bits per heavy atom. The van der Waals surface area contributed by atoms with E-state index in [1.54, 1.807) is 13.0 Å². The lowest BCUT2D eigenvalue weighted by Crippen LogP contribution is -2.44. The quantitative estimate of drug-likeness (QED) is 0.525. The number of hydrogen-bond acceptors (Lipinski definition) is 3. The van der Waals surface area contributed by atoms with E-state index in [0.717, 1.165) is 5.56 Å². The number of benzene rings is 1. The van der Waals surface area contributed by atoms with E-state index in [2.05, 4.69) is 16.9 Å². The van der Waals surface area contributed by atoms with Crippen LogP contribution in [0.3, 0.4) is 0 Å². The average Bonchev–Trinajstić information content (AvgIpc) is 2.45. The Morgan fingerprint density at radius 3 is 2.85 bits per heavy atom. The molecule has 1 aromatic rings. The summed E-state index contributed by atoms with van der Waals surface area (Å²) in [6.45, 7) is 5.53. The molecule has 0 saturated carbocycles. The Labute approximate surface area is 123 Å². The molecule has 0 fully saturated rings. The van der Waals surface area contributed by atoms with Crippen molar-refractivity contribution < 1.29 is 9.53 Å². The number of hydrogen-bond donors (Lipinski definition) is 1. The van der Waals surface area contributed by atoms with Crippen LogP contribution in [0.5, 0.6) is 0 Å². The Bertz CT molecular complexity index is 554. The second-order valence-electron chi connectivity index (χ2n) is 4.49. The molecule has 1 aliphatic rings. The number of aliphatic imine (C=N–C) groups is 1. The van der Waals surface area contributed by atoms with Gasteiger partial charge in [0.25, 0.3) is 0 Å². The number of nitrogens with one attached hydrogen (secondary N) is 1. The van der Waals surface area contributed by atoms with Crippen molar-refractivity contribution in [3.05, 3.63) is 48.6 Å². The van der Waals surface area contributed by atoms with Crippen molar-refractivity contribution in [1.82, 2.24) is 5.32 Å². The van der Waals surface area contributed by atoms with Crippen molar-refractivity contribution in [2.45, 2.75) is 13.0 Å². The zero-order valence-corrected chi connectivity index (χ0v) is 12.0. The number of nitrogens with zero attached hydrogens (tertiary/aromatic N) is 1. The van der Waals surface area contributed by atoms with Crippen LogP contribution in [0, 0.1) is 5.92 Å². The molecule has 2 atom stereocenters. The standard InChI is InChI=1S/C15H16N2O2S/c1-3-9-19-14(18)12-10(2)16-15(20)17-13(12)11-7-5-4-6-8-11/h3-8,12-13H,1,9H2,2H3,(H,17,20). The maximum Gasteiger partial charge on any atom is 0.317 e. The molecule has 1 heterocycles. The smallest absolute Gasteiger partial charge is 0.317 e. The summed E-state index contributed by atoms with van der Waals surface area (Å²) in [5.74, 6) is -0.806. The first-order chi connectivity index (χ1) is 9.63. The molecular weight excluding hydrogens is 272 g/mol. The van der Waals surface area contributed by atoms with Gasteiger partial charge in [-0.1, -0.05) is 43.0 Å². The van der Waals surface area contributed by atoms with Crippen molar-refractivity contribution in [2.24, 2.45) is 10.9 Å². The summed E-state index contributed by atoms with van der Waals surface area (Å²) >= 11 is 5.12. The van der Waals surface area contributed by atoms with Gasteiger partial charge >= 0.3 is 5.97 Å². The highest BCUT2D eigenvalue weighted by atomic mass is 32.1. The number of rotatable bonds is 4. The van der Waals surface area contributed by atoms with E-state index >= 15 is 0 Å². The van der Waals surface area contributed by atoms with Crippen molar-refractivity contribution in [3.8, 4) is 0 Å². The van der Waals surface area contributed by atoms with Gasteiger partial charge in [-0.3, -0.25) is 4.79 Å². The number of carbonyl (C=O) groups is 1. The average molecular weight is 288 g/mol. The fourth-order valence-corrected chi connectivity index (χ4v) is 2.46. The van der Waals surface area contributed by atoms with Gasteiger partial charge in [-0.05, 0) is 24.7 Å². The van der Waals surface area contributed by atoms with Crippen molar-refractivity contribution in [2.75, 3.05) is 6.61 Å². The summed E-state index contributed by atoms with van der Waals surface area (Å²) in [6.07, 6.45) is 1.54. The molecule has 0 bridgehead atoms. The van der Waals surface area contributed by atoms with Crippen LogP contribution in [0.2, 0.25) is 0 Å². The fraction of sp³-hybridized carbons (Fsp3) is 0.267. The molecule has 20 heavy (non-hydrogen) atoms. The Morgan fingerprint density at radius 1 is 1.50 bits per heavy atom. The van der Waals surface area contributed by atoms with Crippen molar-refractivity contribution in [1.29, 1.82) is 0 Å². The minimum atomic E-state index is -0.482. The molecule has 5 heteroatoms. The maximum absolute atomic E-state index is 12.2. The van der Waals surface area contributed by atoms with Gasteiger partial charge in [0.15, 0.2) is 5.11 Å².